The lowest BCUT2D eigenvalue weighted by Gasteiger charge is -2.22. The van der Waals surface area contributed by atoms with Gasteiger partial charge in [0.25, 0.3) is 10.2 Å². The van der Waals surface area contributed by atoms with Crippen LogP contribution in [-0.4, -0.2) is 41.0 Å². The molecular weight excluding hydrogens is 340 g/mol. The lowest BCUT2D eigenvalue weighted by atomic mass is 9.99. The molecular formula is C18H24N2O4S. The van der Waals surface area contributed by atoms with Gasteiger partial charge in [0, 0.05) is 14.1 Å². The molecule has 25 heavy (non-hydrogen) atoms. The molecule has 0 spiro atoms. The number of ether oxygens (including phenoxy) is 2. The van der Waals surface area contributed by atoms with Crippen LogP contribution in [0.2, 0.25) is 0 Å². The Labute approximate surface area is 149 Å². The molecule has 1 N–H and O–H groups in total. The second kappa shape index (κ2) is 8.33. The highest BCUT2D eigenvalue weighted by molar-refractivity contribution is 7.87. The fraction of sp³-hybridized carbons (Fsp3) is 0.333. The summed E-state index contributed by atoms with van der Waals surface area (Å²) in [6, 6.07) is 14.6. The zero-order valence-corrected chi connectivity index (χ0v) is 15.7. The van der Waals surface area contributed by atoms with Gasteiger partial charge in [-0.1, -0.05) is 24.3 Å². The van der Waals surface area contributed by atoms with Gasteiger partial charge in [0.05, 0.1) is 20.3 Å². The molecule has 0 heterocycles. The fourth-order valence-corrected chi connectivity index (χ4v) is 3.14. The Morgan fingerprint density at radius 1 is 0.920 bits per heavy atom. The fourth-order valence-electron chi connectivity index (χ4n) is 2.35. The minimum atomic E-state index is -3.57. The van der Waals surface area contributed by atoms with Crippen molar-refractivity contribution in [2.45, 2.75) is 12.5 Å². The maximum absolute atomic E-state index is 12.3. The van der Waals surface area contributed by atoms with Crippen LogP contribution in [0.15, 0.2) is 48.5 Å². The number of rotatable bonds is 8. The minimum Gasteiger partial charge on any atom is -0.497 e. The summed E-state index contributed by atoms with van der Waals surface area (Å²) in [4.78, 5) is 0. The van der Waals surface area contributed by atoms with E-state index in [9.17, 15) is 8.42 Å². The van der Waals surface area contributed by atoms with Gasteiger partial charge in [-0.25, -0.2) is 0 Å². The van der Waals surface area contributed by atoms with E-state index < -0.39 is 16.3 Å². The Morgan fingerprint density at radius 3 is 1.84 bits per heavy atom. The summed E-state index contributed by atoms with van der Waals surface area (Å²) >= 11 is 0. The molecule has 0 aliphatic rings. The molecule has 2 aromatic carbocycles. The Bertz CT molecular complexity index is 772. The summed E-state index contributed by atoms with van der Waals surface area (Å²) in [7, 11) is 2.64. The zero-order chi connectivity index (χ0) is 18.4. The summed E-state index contributed by atoms with van der Waals surface area (Å²) in [6.07, 6.45) is 0.517. The van der Waals surface area contributed by atoms with Gasteiger partial charge in [0.15, 0.2) is 0 Å². The average Bonchev–Trinajstić information content (AvgIpc) is 2.61. The third-order valence-corrected chi connectivity index (χ3v) is 5.43. The molecule has 1 atom stereocenters. The predicted molar refractivity (Wildman–Crippen MR) is 98.2 cm³/mol. The van der Waals surface area contributed by atoms with Crippen molar-refractivity contribution in [3.63, 3.8) is 0 Å². The zero-order valence-electron chi connectivity index (χ0n) is 14.9. The van der Waals surface area contributed by atoms with E-state index in [1.807, 2.05) is 48.5 Å². The number of nitrogens with one attached hydrogen (secondary N) is 1. The van der Waals surface area contributed by atoms with Crippen LogP contribution in [0.5, 0.6) is 11.5 Å². The normalized spacial score (nSPS) is 12.8. The molecule has 2 rings (SSSR count). The second-order valence-electron chi connectivity index (χ2n) is 5.78. The van der Waals surface area contributed by atoms with Crippen molar-refractivity contribution in [1.29, 1.82) is 0 Å². The maximum Gasteiger partial charge on any atom is 0.279 e. The minimum absolute atomic E-state index is 0.397. The first-order valence-corrected chi connectivity index (χ1v) is 9.26. The van der Waals surface area contributed by atoms with E-state index in [1.165, 1.54) is 14.1 Å². The van der Waals surface area contributed by atoms with Crippen molar-refractivity contribution in [2.24, 2.45) is 0 Å². The van der Waals surface area contributed by atoms with Crippen LogP contribution < -0.4 is 14.2 Å². The largest absolute Gasteiger partial charge is 0.497 e. The van der Waals surface area contributed by atoms with Gasteiger partial charge in [-0.3, -0.25) is 0 Å². The predicted octanol–water partition coefficient (Wildman–Crippen LogP) is 2.38. The first-order chi connectivity index (χ1) is 11.9. The third kappa shape index (κ3) is 5.19. The van der Waals surface area contributed by atoms with Crippen LogP contribution >= 0.6 is 0 Å². The first-order valence-electron chi connectivity index (χ1n) is 7.82. The number of hydrogen-bond donors (Lipinski definition) is 1. The van der Waals surface area contributed by atoms with Gasteiger partial charge >= 0.3 is 0 Å². The van der Waals surface area contributed by atoms with Crippen LogP contribution in [0.3, 0.4) is 0 Å². The summed E-state index contributed by atoms with van der Waals surface area (Å²) in [5, 5.41) is 0. The molecule has 0 aliphatic heterocycles. The Hall–Kier alpha value is -2.09. The summed E-state index contributed by atoms with van der Waals surface area (Å²) < 4.78 is 38.8. The molecule has 0 bridgehead atoms. The summed E-state index contributed by atoms with van der Waals surface area (Å²) in [5.41, 5.74) is 1.87. The highest BCUT2D eigenvalue weighted by Crippen LogP contribution is 2.23. The van der Waals surface area contributed by atoms with Crippen molar-refractivity contribution in [1.82, 2.24) is 9.03 Å². The third-order valence-electron chi connectivity index (χ3n) is 3.89. The SMILES string of the molecule is COc1ccc(CC(NS(=O)(=O)N(C)C)c2ccc(OC)cc2)cc1. The highest BCUT2D eigenvalue weighted by Gasteiger charge is 2.22. The van der Waals surface area contributed by atoms with Gasteiger partial charge < -0.3 is 9.47 Å². The van der Waals surface area contributed by atoms with E-state index in [0.717, 1.165) is 26.9 Å². The topological polar surface area (TPSA) is 67.9 Å². The van der Waals surface area contributed by atoms with Gasteiger partial charge in [-0.2, -0.15) is 17.4 Å². The number of hydrogen-bond acceptors (Lipinski definition) is 4. The molecule has 7 heteroatoms. The standard InChI is InChI=1S/C18H24N2O4S/c1-20(2)25(21,22)19-18(15-7-11-17(24-4)12-8-15)13-14-5-9-16(23-3)10-6-14/h5-12,18-19H,13H2,1-4H3. The highest BCUT2D eigenvalue weighted by atomic mass is 32.2. The maximum atomic E-state index is 12.3. The van der Waals surface area contributed by atoms with E-state index in [0.29, 0.717) is 6.42 Å². The first kappa shape index (κ1) is 19.2. The van der Waals surface area contributed by atoms with Crippen molar-refractivity contribution < 1.29 is 17.9 Å². The van der Waals surface area contributed by atoms with E-state index in [1.54, 1.807) is 14.2 Å². The molecule has 0 aromatic heterocycles. The molecule has 136 valence electrons. The molecule has 6 nitrogen and oxygen atoms in total. The van der Waals surface area contributed by atoms with Crippen molar-refractivity contribution in [2.75, 3.05) is 28.3 Å². The quantitative estimate of drug-likeness (QED) is 0.781. The lowest BCUT2D eigenvalue weighted by molar-refractivity contribution is 0.414. The van der Waals surface area contributed by atoms with Gasteiger partial charge in [0.1, 0.15) is 11.5 Å². The molecule has 0 fully saturated rings. The number of methoxy groups -OCH3 is 2. The molecule has 1 unspecified atom stereocenters. The summed E-state index contributed by atoms with van der Waals surface area (Å²) in [5.74, 6) is 1.49. The molecule has 0 aliphatic carbocycles. The van der Waals surface area contributed by atoms with Crippen molar-refractivity contribution in [3.05, 3.63) is 59.7 Å². The van der Waals surface area contributed by atoms with E-state index in [2.05, 4.69) is 4.72 Å². The summed E-state index contributed by atoms with van der Waals surface area (Å²) in [6.45, 7) is 0. The van der Waals surface area contributed by atoms with Crippen LogP contribution in [0.1, 0.15) is 17.2 Å². The van der Waals surface area contributed by atoms with Crippen LogP contribution in [-0.2, 0) is 16.6 Å². The monoisotopic (exact) mass is 364 g/mol. The Balaban J connectivity index is 2.29. The van der Waals surface area contributed by atoms with Crippen LogP contribution in [0.25, 0.3) is 0 Å². The lowest BCUT2D eigenvalue weighted by Crippen LogP contribution is -2.38. The Morgan fingerprint density at radius 2 is 1.40 bits per heavy atom. The molecule has 0 amide bonds. The molecule has 0 radical (unpaired) electrons. The van der Waals surface area contributed by atoms with Crippen LogP contribution in [0.4, 0.5) is 0 Å². The average molecular weight is 364 g/mol. The molecule has 0 saturated heterocycles. The van der Waals surface area contributed by atoms with Gasteiger partial charge in [0.2, 0.25) is 0 Å². The number of benzene rings is 2. The Kier molecular flexibility index (Phi) is 6.41. The van der Waals surface area contributed by atoms with Crippen molar-refractivity contribution in [3.8, 4) is 11.5 Å². The van der Waals surface area contributed by atoms with Crippen molar-refractivity contribution >= 4 is 10.2 Å². The van der Waals surface area contributed by atoms with Crippen LogP contribution in [0, 0.1) is 0 Å². The van der Waals surface area contributed by atoms with Gasteiger partial charge in [-0.05, 0) is 41.8 Å². The molecule has 2 aromatic rings. The van der Waals surface area contributed by atoms with E-state index in [-0.39, 0.29) is 0 Å². The van der Waals surface area contributed by atoms with E-state index in [4.69, 9.17) is 9.47 Å². The number of nitrogens with zero attached hydrogens (tertiary/aromatic N) is 1. The molecule has 0 saturated carbocycles. The van der Waals surface area contributed by atoms with Gasteiger partial charge in [-0.15, -0.1) is 0 Å². The van der Waals surface area contributed by atoms with E-state index >= 15 is 0 Å². The second-order valence-corrected chi connectivity index (χ2v) is 7.70. The smallest absolute Gasteiger partial charge is 0.279 e.